The van der Waals surface area contributed by atoms with Crippen molar-refractivity contribution in [2.75, 3.05) is 22.9 Å². The largest absolute Gasteiger partial charge is 0.341 e. The maximum absolute atomic E-state index is 13.6. The van der Waals surface area contributed by atoms with Gasteiger partial charge in [0.05, 0.1) is 6.54 Å². The molecule has 4 rings (SSSR count). The van der Waals surface area contributed by atoms with Crippen LogP contribution in [0.5, 0.6) is 0 Å². The molecule has 0 saturated carbocycles. The molecular formula is C25H24N4O. The number of terminal acetylenes is 1. The Labute approximate surface area is 177 Å². The van der Waals surface area contributed by atoms with Crippen LogP contribution in [0.25, 0.3) is 0 Å². The maximum atomic E-state index is 13.6. The van der Waals surface area contributed by atoms with Crippen molar-refractivity contribution in [1.29, 1.82) is 0 Å². The predicted molar refractivity (Wildman–Crippen MR) is 119 cm³/mol. The van der Waals surface area contributed by atoms with Crippen molar-refractivity contribution in [1.82, 2.24) is 9.97 Å². The molecule has 0 spiro atoms. The summed E-state index contributed by atoms with van der Waals surface area (Å²) < 4.78 is 0. The molecule has 5 nitrogen and oxygen atoms in total. The number of amides is 1. The highest BCUT2D eigenvalue weighted by Gasteiger charge is 2.30. The van der Waals surface area contributed by atoms with Crippen LogP contribution in [-0.4, -0.2) is 29.0 Å². The van der Waals surface area contributed by atoms with Gasteiger partial charge in [0.1, 0.15) is 0 Å². The molecule has 1 fully saturated rings. The Hall–Kier alpha value is -3.65. The van der Waals surface area contributed by atoms with Crippen molar-refractivity contribution >= 4 is 17.5 Å². The smallest absolute Gasteiger partial charge is 0.230 e. The number of anilines is 2. The lowest BCUT2D eigenvalue weighted by molar-refractivity contribution is -0.123. The third-order valence-corrected chi connectivity index (χ3v) is 5.45. The fourth-order valence-electron chi connectivity index (χ4n) is 3.83. The van der Waals surface area contributed by atoms with Crippen molar-refractivity contribution in [3.8, 4) is 12.3 Å². The third kappa shape index (κ3) is 4.49. The summed E-state index contributed by atoms with van der Waals surface area (Å²) in [7, 11) is 0. The van der Waals surface area contributed by atoms with E-state index in [-0.39, 0.29) is 11.8 Å². The van der Waals surface area contributed by atoms with Gasteiger partial charge in [-0.3, -0.25) is 4.79 Å². The Bertz CT molecular complexity index is 1020. The number of benzene rings is 2. The van der Waals surface area contributed by atoms with Gasteiger partial charge in [-0.25, -0.2) is 9.97 Å². The van der Waals surface area contributed by atoms with E-state index in [0.717, 1.165) is 48.7 Å². The van der Waals surface area contributed by atoms with Gasteiger partial charge in [0.2, 0.25) is 11.9 Å². The molecule has 5 heteroatoms. The van der Waals surface area contributed by atoms with E-state index >= 15 is 0 Å². The lowest BCUT2D eigenvalue weighted by Gasteiger charge is -2.34. The molecular weight excluding hydrogens is 372 g/mol. The summed E-state index contributed by atoms with van der Waals surface area (Å²) in [6.45, 7) is 2.06. The molecule has 150 valence electrons. The van der Waals surface area contributed by atoms with Crippen LogP contribution >= 0.6 is 0 Å². The highest BCUT2D eigenvalue weighted by atomic mass is 16.2. The molecule has 2 aromatic carbocycles. The van der Waals surface area contributed by atoms with E-state index in [9.17, 15) is 4.79 Å². The number of rotatable bonds is 5. The Morgan fingerprint density at radius 3 is 2.47 bits per heavy atom. The first kappa shape index (κ1) is 19.7. The topological polar surface area (TPSA) is 49.3 Å². The average Bonchev–Trinajstić information content (AvgIpc) is 2.83. The highest BCUT2D eigenvalue weighted by Crippen LogP contribution is 2.27. The van der Waals surface area contributed by atoms with Crippen molar-refractivity contribution in [2.24, 2.45) is 5.92 Å². The molecule has 0 aliphatic carbocycles. The Morgan fingerprint density at radius 2 is 1.77 bits per heavy atom. The number of aromatic nitrogens is 2. The molecule has 1 aliphatic rings. The summed E-state index contributed by atoms with van der Waals surface area (Å²) in [6.07, 6.45) is 10.6. The number of piperidine rings is 1. The van der Waals surface area contributed by atoms with Crippen LogP contribution in [-0.2, 0) is 11.3 Å². The van der Waals surface area contributed by atoms with Gasteiger partial charge in [0, 0.05) is 42.7 Å². The van der Waals surface area contributed by atoms with Crippen molar-refractivity contribution in [3.63, 3.8) is 0 Å². The van der Waals surface area contributed by atoms with E-state index in [4.69, 9.17) is 6.42 Å². The van der Waals surface area contributed by atoms with Gasteiger partial charge in [-0.2, -0.15) is 0 Å². The first-order valence-electron chi connectivity index (χ1n) is 10.2. The molecule has 0 radical (unpaired) electrons. The summed E-state index contributed by atoms with van der Waals surface area (Å²) in [5.74, 6) is 3.50. The quantitative estimate of drug-likeness (QED) is 0.614. The molecule has 1 aliphatic heterocycles. The SMILES string of the molecule is C#Cc1cccc(N(Cc2ccccc2)C(=O)C2CCN(c3ncccn3)CC2)c1. The number of hydrogen-bond donors (Lipinski definition) is 0. The van der Waals surface area contributed by atoms with Crippen LogP contribution in [0.2, 0.25) is 0 Å². The number of carbonyl (C=O) groups excluding carboxylic acids is 1. The van der Waals surface area contributed by atoms with Gasteiger partial charge in [0.15, 0.2) is 0 Å². The van der Waals surface area contributed by atoms with Gasteiger partial charge in [0.25, 0.3) is 0 Å². The van der Waals surface area contributed by atoms with Crippen molar-refractivity contribution in [2.45, 2.75) is 19.4 Å². The monoisotopic (exact) mass is 396 g/mol. The van der Waals surface area contributed by atoms with Crippen molar-refractivity contribution in [3.05, 3.63) is 84.2 Å². The highest BCUT2D eigenvalue weighted by molar-refractivity contribution is 5.95. The lowest BCUT2D eigenvalue weighted by atomic mass is 9.94. The van der Waals surface area contributed by atoms with E-state index < -0.39 is 0 Å². The van der Waals surface area contributed by atoms with E-state index in [0.29, 0.717) is 6.54 Å². The minimum atomic E-state index is -0.0387. The fourth-order valence-corrected chi connectivity index (χ4v) is 3.83. The molecule has 1 aromatic heterocycles. The minimum Gasteiger partial charge on any atom is -0.341 e. The molecule has 30 heavy (non-hydrogen) atoms. The standard InChI is InChI=1S/C25H24N4O/c1-2-20-10-6-11-23(18-20)29(19-21-8-4-3-5-9-21)24(30)22-12-16-28(17-13-22)25-26-14-7-15-27-25/h1,3-11,14-15,18,22H,12-13,16-17,19H2. The van der Waals surface area contributed by atoms with E-state index in [2.05, 4.69) is 20.8 Å². The van der Waals surface area contributed by atoms with Crippen LogP contribution in [0.1, 0.15) is 24.0 Å². The molecule has 0 unspecified atom stereocenters. The van der Waals surface area contributed by atoms with Gasteiger partial charge in [-0.05, 0) is 42.7 Å². The Kier molecular flexibility index (Phi) is 6.05. The summed E-state index contributed by atoms with van der Waals surface area (Å²) in [5, 5.41) is 0. The van der Waals surface area contributed by atoms with Crippen molar-refractivity contribution < 1.29 is 4.79 Å². The summed E-state index contributed by atoms with van der Waals surface area (Å²) in [6, 6.07) is 19.5. The minimum absolute atomic E-state index is 0.0387. The summed E-state index contributed by atoms with van der Waals surface area (Å²) in [4.78, 5) is 26.2. The summed E-state index contributed by atoms with van der Waals surface area (Å²) >= 11 is 0. The second-order valence-corrected chi connectivity index (χ2v) is 7.41. The van der Waals surface area contributed by atoms with E-state index in [1.807, 2.05) is 65.6 Å². The number of nitrogens with zero attached hydrogens (tertiary/aromatic N) is 4. The molecule has 0 atom stereocenters. The first-order chi connectivity index (χ1) is 14.7. The molecule has 3 aromatic rings. The molecule has 1 saturated heterocycles. The Morgan fingerprint density at radius 1 is 1.03 bits per heavy atom. The molecule has 0 bridgehead atoms. The van der Waals surface area contributed by atoms with Gasteiger partial charge >= 0.3 is 0 Å². The number of hydrogen-bond acceptors (Lipinski definition) is 4. The average molecular weight is 396 g/mol. The van der Waals surface area contributed by atoms with Crippen LogP contribution in [0.3, 0.4) is 0 Å². The van der Waals surface area contributed by atoms with E-state index in [1.54, 1.807) is 12.4 Å². The molecule has 2 heterocycles. The second-order valence-electron chi connectivity index (χ2n) is 7.41. The normalized spacial score (nSPS) is 14.2. The second kappa shape index (κ2) is 9.23. The van der Waals surface area contributed by atoms with Gasteiger partial charge in [-0.1, -0.05) is 42.3 Å². The van der Waals surface area contributed by atoms with Gasteiger partial charge < -0.3 is 9.80 Å². The van der Waals surface area contributed by atoms with Crippen LogP contribution < -0.4 is 9.80 Å². The summed E-state index contributed by atoms with van der Waals surface area (Å²) in [5.41, 5.74) is 2.70. The Balaban J connectivity index is 1.53. The van der Waals surface area contributed by atoms with Crippen LogP contribution in [0.15, 0.2) is 73.1 Å². The molecule has 0 N–H and O–H groups in total. The zero-order valence-electron chi connectivity index (χ0n) is 16.8. The van der Waals surface area contributed by atoms with Crippen LogP contribution in [0, 0.1) is 18.3 Å². The fraction of sp³-hybridized carbons (Fsp3) is 0.240. The lowest BCUT2D eigenvalue weighted by Crippen LogP contribution is -2.43. The maximum Gasteiger partial charge on any atom is 0.230 e. The number of carbonyl (C=O) groups is 1. The third-order valence-electron chi connectivity index (χ3n) is 5.45. The first-order valence-corrected chi connectivity index (χ1v) is 10.2. The predicted octanol–water partition coefficient (Wildman–Crippen LogP) is 3.91. The van der Waals surface area contributed by atoms with Gasteiger partial charge in [-0.15, -0.1) is 6.42 Å². The van der Waals surface area contributed by atoms with E-state index in [1.165, 1.54) is 0 Å². The zero-order valence-corrected chi connectivity index (χ0v) is 16.8. The zero-order chi connectivity index (χ0) is 20.8. The molecule has 1 amide bonds. The van der Waals surface area contributed by atoms with Crippen LogP contribution in [0.4, 0.5) is 11.6 Å².